The summed E-state index contributed by atoms with van der Waals surface area (Å²) in [6.45, 7) is 9.73. The van der Waals surface area contributed by atoms with E-state index in [9.17, 15) is 4.79 Å². The number of amides is 1. The molecule has 0 bridgehead atoms. The van der Waals surface area contributed by atoms with Gasteiger partial charge in [0.2, 0.25) is 0 Å². The SMILES string of the molecule is CN1CCOC(CN(C)C(=O)c2ccc(C(C)(C)C)cc2)C1. The zero-order chi connectivity index (χ0) is 16.3. The van der Waals surface area contributed by atoms with E-state index in [-0.39, 0.29) is 17.4 Å². The molecule has 1 heterocycles. The quantitative estimate of drug-likeness (QED) is 0.859. The Morgan fingerprint density at radius 3 is 2.50 bits per heavy atom. The zero-order valence-corrected chi connectivity index (χ0v) is 14.4. The summed E-state index contributed by atoms with van der Waals surface area (Å²) in [6.07, 6.45) is 0.0987. The summed E-state index contributed by atoms with van der Waals surface area (Å²) >= 11 is 0. The highest BCUT2D eigenvalue weighted by Crippen LogP contribution is 2.22. The molecule has 4 nitrogen and oxygen atoms in total. The summed E-state index contributed by atoms with van der Waals surface area (Å²) in [5, 5.41) is 0. The van der Waals surface area contributed by atoms with Crippen LogP contribution in [-0.4, -0.2) is 62.1 Å². The normalized spacial score (nSPS) is 20.0. The Morgan fingerprint density at radius 2 is 1.95 bits per heavy atom. The summed E-state index contributed by atoms with van der Waals surface area (Å²) < 4.78 is 5.73. The van der Waals surface area contributed by atoms with E-state index >= 15 is 0 Å². The Hall–Kier alpha value is -1.39. The number of carbonyl (C=O) groups excluding carboxylic acids is 1. The van der Waals surface area contributed by atoms with Crippen molar-refractivity contribution in [2.24, 2.45) is 0 Å². The highest BCUT2D eigenvalue weighted by molar-refractivity contribution is 5.94. The molecule has 0 N–H and O–H groups in total. The molecule has 1 atom stereocenters. The number of hydrogen-bond acceptors (Lipinski definition) is 3. The number of hydrogen-bond donors (Lipinski definition) is 0. The molecule has 0 radical (unpaired) electrons. The molecule has 1 aromatic carbocycles. The van der Waals surface area contributed by atoms with Crippen LogP contribution < -0.4 is 0 Å². The first-order valence-corrected chi connectivity index (χ1v) is 7.93. The van der Waals surface area contributed by atoms with E-state index in [1.165, 1.54) is 5.56 Å². The molecule has 0 saturated carbocycles. The van der Waals surface area contributed by atoms with Crippen LogP contribution in [0.1, 0.15) is 36.7 Å². The summed E-state index contributed by atoms with van der Waals surface area (Å²) in [5.41, 5.74) is 2.08. The van der Waals surface area contributed by atoms with Gasteiger partial charge in [0, 0.05) is 32.2 Å². The lowest BCUT2D eigenvalue weighted by Gasteiger charge is -2.32. The van der Waals surface area contributed by atoms with Gasteiger partial charge in [-0.2, -0.15) is 0 Å². The molecule has 2 rings (SSSR count). The van der Waals surface area contributed by atoms with Crippen LogP contribution in [0.15, 0.2) is 24.3 Å². The number of rotatable bonds is 3. The van der Waals surface area contributed by atoms with Gasteiger partial charge in [-0.1, -0.05) is 32.9 Å². The van der Waals surface area contributed by atoms with Crippen molar-refractivity contribution in [2.45, 2.75) is 32.3 Å². The van der Waals surface area contributed by atoms with Crippen molar-refractivity contribution in [1.82, 2.24) is 9.80 Å². The van der Waals surface area contributed by atoms with Crippen LogP contribution in [0, 0.1) is 0 Å². The third-order valence-electron chi connectivity index (χ3n) is 4.16. The number of morpholine rings is 1. The maximum absolute atomic E-state index is 12.5. The van der Waals surface area contributed by atoms with Gasteiger partial charge in [0.15, 0.2) is 0 Å². The van der Waals surface area contributed by atoms with Crippen molar-refractivity contribution in [3.63, 3.8) is 0 Å². The molecule has 1 amide bonds. The molecule has 1 saturated heterocycles. The van der Waals surface area contributed by atoms with Crippen molar-refractivity contribution in [3.05, 3.63) is 35.4 Å². The predicted molar refractivity (Wildman–Crippen MR) is 89.3 cm³/mol. The minimum Gasteiger partial charge on any atom is -0.374 e. The number of ether oxygens (including phenoxy) is 1. The molecule has 1 aliphatic heterocycles. The van der Waals surface area contributed by atoms with Crippen LogP contribution in [0.3, 0.4) is 0 Å². The average molecular weight is 304 g/mol. The molecule has 1 fully saturated rings. The number of carbonyl (C=O) groups is 1. The van der Waals surface area contributed by atoms with Crippen LogP contribution in [-0.2, 0) is 10.2 Å². The van der Waals surface area contributed by atoms with E-state index in [1.54, 1.807) is 4.90 Å². The lowest BCUT2D eigenvalue weighted by Crippen LogP contribution is -2.46. The standard InChI is InChI=1S/C18H28N2O2/c1-18(2,3)15-8-6-14(7-9-15)17(21)20(5)13-16-12-19(4)10-11-22-16/h6-9,16H,10-13H2,1-5H3. The van der Waals surface area contributed by atoms with E-state index in [0.29, 0.717) is 6.54 Å². The van der Waals surface area contributed by atoms with Gasteiger partial charge in [0.1, 0.15) is 0 Å². The van der Waals surface area contributed by atoms with E-state index in [4.69, 9.17) is 4.74 Å². The fourth-order valence-electron chi connectivity index (χ4n) is 2.70. The smallest absolute Gasteiger partial charge is 0.253 e. The van der Waals surface area contributed by atoms with Crippen LogP contribution in [0.4, 0.5) is 0 Å². The molecular formula is C18H28N2O2. The minimum atomic E-state index is 0.0530. The second kappa shape index (κ2) is 6.80. The van der Waals surface area contributed by atoms with Gasteiger partial charge < -0.3 is 14.5 Å². The summed E-state index contributed by atoms with van der Waals surface area (Å²) in [7, 11) is 3.93. The van der Waals surface area contributed by atoms with Gasteiger partial charge in [-0.15, -0.1) is 0 Å². The Balaban J connectivity index is 1.98. The van der Waals surface area contributed by atoms with Crippen molar-refractivity contribution in [3.8, 4) is 0 Å². The molecule has 1 aromatic rings. The fraction of sp³-hybridized carbons (Fsp3) is 0.611. The topological polar surface area (TPSA) is 32.8 Å². The highest BCUT2D eigenvalue weighted by atomic mass is 16.5. The maximum Gasteiger partial charge on any atom is 0.253 e. The molecule has 0 spiro atoms. The summed E-state index contributed by atoms with van der Waals surface area (Å²) in [5.74, 6) is 0.0530. The van der Waals surface area contributed by atoms with Crippen molar-refractivity contribution in [1.29, 1.82) is 0 Å². The number of benzene rings is 1. The molecule has 1 unspecified atom stereocenters. The lowest BCUT2D eigenvalue weighted by molar-refractivity contribution is -0.0301. The van der Waals surface area contributed by atoms with E-state index in [0.717, 1.165) is 25.3 Å². The molecule has 0 aromatic heterocycles. The summed E-state index contributed by atoms with van der Waals surface area (Å²) in [4.78, 5) is 16.5. The third kappa shape index (κ3) is 4.31. The van der Waals surface area contributed by atoms with Gasteiger partial charge >= 0.3 is 0 Å². The Bertz CT molecular complexity index is 505. The van der Waals surface area contributed by atoms with E-state index < -0.39 is 0 Å². The molecule has 22 heavy (non-hydrogen) atoms. The van der Waals surface area contributed by atoms with Gasteiger partial charge in [-0.05, 0) is 30.2 Å². The highest BCUT2D eigenvalue weighted by Gasteiger charge is 2.22. The second-order valence-corrected chi connectivity index (χ2v) is 7.27. The van der Waals surface area contributed by atoms with Gasteiger partial charge in [0.05, 0.1) is 12.7 Å². The van der Waals surface area contributed by atoms with Crippen LogP contribution in [0.5, 0.6) is 0 Å². The van der Waals surface area contributed by atoms with Crippen molar-refractivity contribution < 1.29 is 9.53 Å². The zero-order valence-electron chi connectivity index (χ0n) is 14.4. The van der Waals surface area contributed by atoms with Crippen molar-refractivity contribution in [2.75, 3.05) is 40.3 Å². The first-order chi connectivity index (χ1) is 10.3. The van der Waals surface area contributed by atoms with Gasteiger partial charge in [-0.3, -0.25) is 4.79 Å². The Labute approximate surface area is 134 Å². The van der Waals surface area contributed by atoms with Crippen molar-refractivity contribution >= 4 is 5.91 Å². The second-order valence-electron chi connectivity index (χ2n) is 7.27. The predicted octanol–water partition coefficient (Wildman–Crippen LogP) is 2.39. The summed E-state index contributed by atoms with van der Waals surface area (Å²) in [6, 6.07) is 7.94. The molecular weight excluding hydrogens is 276 g/mol. The largest absolute Gasteiger partial charge is 0.374 e. The minimum absolute atomic E-state index is 0.0530. The Kier molecular flexibility index (Phi) is 5.24. The monoisotopic (exact) mass is 304 g/mol. The molecule has 1 aliphatic rings. The number of likely N-dealkylation sites (N-methyl/N-ethyl adjacent to an activating group) is 2. The molecule has 0 aliphatic carbocycles. The molecule has 4 heteroatoms. The van der Waals surface area contributed by atoms with E-state index in [2.05, 4.69) is 32.7 Å². The van der Waals surface area contributed by atoms with E-state index in [1.807, 2.05) is 31.3 Å². The van der Waals surface area contributed by atoms with Crippen LogP contribution >= 0.6 is 0 Å². The first-order valence-electron chi connectivity index (χ1n) is 7.93. The molecule has 122 valence electrons. The van der Waals surface area contributed by atoms with Gasteiger partial charge in [0.25, 0.3) is 5.91 Å². The third-order valence-corrected chi connectivity index (χ3v) is 4.16. The Morgan fingerprint density at radius 1 is 1.32 bits per heavy atom. The van der Waals surface area contributed by atoms with Crippen LogP contribution in [0.2, 0.25) is 0 Å². The first kappa shape index (κ1) is 17.0. The average Bonchev–Trinajstić information content (AvgIpc) is 2.45. The fourth-order valence-corrected chi connectivity index (χ4v) is 2.70. The number of nitrogens with zero attached hydrogens (tertiary/aromatic N) is 2. The maximum atomic E-state index is 12.5. The van der Waals surface area contributed by atoms with Crippen LogP contribution in [0.25, 0.3) is 0 Å². The van der Waals surface area contributed by atoms with Gasteiger partial charge in [-0.25, -0.2) is 0 Å². The lowest BCUT2D eigenvalue weighted by atomic mass is 9.86.